The number of hydrogen-bond donors (Lipinski definition) is 3. The van der Waals surface area contributed by atoms with Crippen LogP contribution in [0.1, 0.15) is 19.3 Å². The van der Waals surface area contributed by atoms with Crippen LogP contribution in [0, 0.1) is 0 Å². The van der Waals surface area contributed by atoms with Crippen molar-refractivity contribution < 1.29 is 9.52 Å². The summed E-state index contributed by atoms with van der Waals surface area (Å²) in [6.07, 6.45) is 2.78. The van der Waals surface area contributed by atoms with Crippen LogP contribution in [0.2, 0.25) is 0 Å². The predicted molar refractivity (Wildman–Crippen MR) is 75.5 cm³/mol. The van der Waals surface area contributed by atoms with Gasteiger partial charge in [0.2, 0.25) is 0 Å². The summed E-state index contributed by atoms with van der Waals surface area (Å²) in [6, 6.07) is 3.48. The van der Waals surface area contributed by atoms with Gasteiger partial charge in [0.15, 0.2) is 5.58 Å². The number of anilines is 2. The molecule has 0 bridgehead atoms. The van der Waals surface area contributed by atoms with Crippen LogP contribution in [0.25, 0.3) is 11.1 Å². The molecule has 6 nitrogen and oxygen atoms in total. The highest BCUT2D eigenvalue weighted by molar-refractivity contribution is 5.85. The summed E-state index contributed by atoms with van der Waals surface area (Å²) in [5.41, 5.74) is 8.54. The van der Waals surface area contributed by atoms with Gasteiger partial charge in [-0.3, -0.25) is 4.98 Å². The molecule has 104 valence electrons. The Morgan fingerprint density at radius 1 is 1.37 bits per heavy atom. The maximum absolute atomic E-state index is 11.1. The molecule has 0 unspecified atom stereocenters. The normalized spacial score (nSPS) is 11.1. The molecule has 0 spiro atoms. The van der Waals surface area contributed by atoms with Gasteiger partial charge in [-0.05, 0) is 25.3 Å². The number of aromatic nitrogens is 1. The Balaban J connectivity index is 2.14. The van der Waals surface area contributed by atoms with Crippen molar-refractivity contribution >= 4 is 22.5 Å². The van der Waals surface area contributed by atoms with Crippen LogP contribution in [0.4, 0.5) is 11.4 Å². The first-order valence-corrected chi connectivity index (χ1v) is 6.36. The molecule has 0 atom stereocenters. The second-order valence-corrected chi connectivity index (χ2v) is 4.63. The summed E-state index contributed by atoms with van der Waals surface area (Å²) < 4.78 is 4.96. The van der Waals surface area contributed by atoms with E-state index in [1.165, 1.54) is 0 Å². The van der Waals surface area contributed by atoms with Crippen LogP contribution in [0.3, 0.4) is 0 Å². The molecular weight excluding hydrogens is 246 g/mol. The highest BCUT2D eigenvalue weighted by Crippen LogP contribution is 2.27. The van der Waals surface area contributed by atoms with Crippen molar-refractivity contribution in [1.82, 2.24) is 4.98 Å². The Kier molecular flexibility index (Phi) is 4.11. The smallest absolute Gasteiger partial charge is 0.408 e. The van der Waals surface area contributed by atoms with Gasteiger partial charge in [-0.1, -0.05) is 0 Å². The molecule has 4 N–H and O–H groups in total. The average molecular weight is 265 g/mol. The lowest BCUT2D eigenvalue weighted by atomic mass is 10.2. The fourth-order valence-corrected chi connectivity index (χ4v) is 2.09. The summed E-state index contributed by atoms with van der Waals surface area (Å²) in [5.74, 6) is -0.475. The lowest BCUT2D eigenvalue weighted by Gasteiger charge is -2.20. The summed E-state index contributed by atoms with van der Waals surface area (Å²) >= 11 is 0. The number of fused-ring (bicyclic) bond motifs is 1. The van der Waals surface area contributed by atoms with Gasteiger partial charge in [-0.15, -0.1) is 0 Å². The van der Waals surface area contributed by atoms with Gasteiger partial charge in [0.05, 0.1) is 16.9 Å². The second kappa shape index (κ2) is 5.79. The number of nitrogens with one attached hydrogen (secondary N) is 1. The zero-order valence-corrected chi connectivity index (χ0v) is 11.0. The largest absolute Gasteiger partial charge is 0.417 e. The van der Waals surface area contributed by atoms with Gasteiger partial charge < -0.3 is 20.2 Å². The van der Waals surface area contributed by atoms with Gasteiger partial charge in [0.25, 0.3) is 0 Å². The van der Waals surface area contributed by atoms with Crippen molar-refractivity contribution in [3.63, 3.8) is 0 Å². The number of H-pyrrole nitrogens is 1. The molecular formula is C13H19N3O3. The molecule has 0 amide bonds. The van der Waals surface area contributed by atoms with E-state index in [-0.39, 0.29) is 6.61 Å². The molecule has 0 saturated carbocycles. The van der Waals surface area contributed by atoms with Gasteiger partial charge in [-0.25, -0.2) is 4.79 Å². The summed E-state index contributed by atoms with van der Waals surface area (Å²) in [5, 5.41) is 8.74. The highest BCUT2D eigenvalue weighted by Gasteiger charge is 2.10. The number of aromatic amines is 1. The third-order valence-electron chi connectivity index (χ3n) is 3.13. The third-order valence-corrected chi connectivity index (χ3v) is 3.13. The van der Waals surface area contributed by atoms with Gasteiger partial charge in [0, 0.05) is 26.3 Å². The van der Waals surface area contributed by atoms with E-state index < -0.39 is 5.76 Å². The van der Waals surface area contributed by atoms with E-state index >= 15 is 0 Å². The quantitative estimate of drug-likeness (QED) is 0.540. The van der Waals surface area contributed by atoms with Crippen molar-refractivity contribution in [2.24, 2.45) is 0 Å². The number of unbranched alkanes of at least 4 members (excludes halogenated alkanes) is 2. The number of hydrogen-bond acceptors (Lipinski definition) is 5. The highest BCUT2D eigenvalue weighted by atomic mass is 16.4. The minimum absolute atomic E-state index is 0.230. The van der Waals surface area contributed by atoms with Crippen molar-refractivity contribution in [3.8, 4) is 0 Å². The molecule has 6 heteroatoms. The van der Waals surface area contributed by atoms with Gasteiger partial charge >= 0.3 is 5.76 Å². The fraction of sp³-hybridized carbons (Fsp3) is 0.462. The number of nitrogens with two attached hydrogens (primary N) is 1. The van der Waals surface area contributed by atoms with E-state index in [1.807, 2.05) is 18.0 Å². The number of nitrogen functional groups attached to an aromatic ring is 1. The average Bonchev–Trinajstić information content (AvgIpc) is 2.72. The molecule has 0 saturated heterocycles. The number of aliphatic hydroxyl groups is 1. The van der Waals surface area contributed by atoms with E-state index in [9.17, 15) is 4.79 Å². The lowest BCUT2D eigenvalue weighted by Crippen LogP contribution is -2.19. The molecule has 1 aromatic carbocycles. The molecule has 0 aliphatic carbocycles. The first kappa shape index (κ1) is 13.5. The first-order chi connectivity index (χ1) is 9.11. The summed E-state index contributed by atoms with van der Waals surface area (Å²) in [4.78, 5) is 15.8. The summed E-state index contributed by atoms with van der Waals surface area (Å²) in [7, 11) is 1.95. The minimum Gasteiger partial charge on any atom is -0.408 e. The van der Waals surface area contributed by atoms with Crippen LogP contribution in [-0.2, 0) is 0 Å². The lowest BCUT2D eigenvalue weighted by molar-refractivity contribution is 0.283. The van der Waals surface area contributed by atoms with Crippen molar-refractivity contribution in [3.05, 3.63) is 22.7 Å². The molecule has 19 heavy (non-hydrogen) atoms. The zero-order chi connectivity index (χ0) is 13.8. The van der Waals surface area contributed by atoms with Crippen LogP contribution < -0.4 is 16.4 Å². The Morgan fingerprint density at radius 2 is 2.16 bits per heavy atom. The SMILES string of the molecule is CN(CCCCCO)c1cc2[nH]c(=O)oc2cc1N. The Hall–Kier alpha value is -1.95. The molecule has 0 radical (unpaired) electrons. The van der Waals surface area contributed by atoms with E-state index in [4.69, 9.17) is 15.3 Å². The number of rotatable bonds is 6. The van der Waals surface area contributed by atoms with E-state index in [1.54, 1.807) is 6.07 Å². The minimum atomic E-state index is -0.475. The maximum Gasteiger partial charge on any atom is 0.417 e. The first-order valence-electron chi connectivity index (χ1n) is 6.36. The molecule has 0 fully saturated rings. The van der Waals surface area contributed by atoms with Gasteiger partial charge in [0.1, 0.15) is 0 Å². The zero-order valence-electron chi connectivity index (χ0n) is 11.0. The van der Waals surface area contributed by atoms with Crippen LogP contribution in [0.15, 0.2) is 21.3 Å². The van der Waals surface area contributed by atoms with Crippen LogP contribution in [-0.4, -0.2) is 30.3 Å². The third kappa shape index (κ3) is 3.08. The molecule has 1 aromatic heterocycles. The van der Waals surface area contributed by atoms with Crippen molar-refractivity contribution in [2.75, 3.05) is 30.8 Å². The molecule has 2 aromatic rings. The maximum atomic E-state index is 11.1. The van der Waals surface area contributed by atoms with Crippen molar-refractivity contribution in [2.45, 2.75) is 19.3 Å². The number of benzene rings is 1. The number of oxazole rings is 1. The predicted octanol–water partition coefficient (Wildman–Crippen LogP) is 1.30. The molecule has 0 aliphatic rings. The van der Waals surface area contributed by atoms with E-state index in [0.717, 1.165) is 31.5 Å². The van der Waals surface area contributed by atoms with Gasteiger partial charge in [-0.2, -0.15) is 0 Å². The Morgan fingerprint density at radius 3 is 2.89 bits per heavy atom. The molecule has 2 rings (SSSR count). The summed E-state index contributed by atoms with van der Waals surface area (Å²) in [6.45, 7) is 1.08. The molecule has 0 aliphatic heterocycles. The number of nitrogens with zero attached hydrogens (tertiary/aromatic N) is 1. The Labute approximate surface area is 110 Å². The standard InChI is InChI=1S/C13H19N3O3/c1-16(5-3-2-4-6-17)11-8-10-12(7-9(11)14)19-13(18)15-10/h7-8,17H,2-6,14H2,1H3,(H,15,18). The number of aliphatic hydroxyl groups excluding tert-OH is 1. The topological polar surface area (TPSA) is 95.5 Å². The van der Waals surface area contributed by atoms with E-state index in [2.05, 4.69) is 4.98 Å². The molecule has 1 heterocycles. The fourth-order valence-electron chi connectivity index (χ4n) is 2.09. The van der Waals surface area contributed by atoms with Crippen LogP contribution >= 0.6 is 0 Å². The van der Waals surface area contributed by atoms with E-state index in [0.29, 0.717) is 16.8 Å². The van der Waals surface area contributed by atoms with Crippen LogP contribution in [0.5, 0.6) is 0 Å². The monoisotopic (exact) mass is 265 g/mol. The Bertz CT molecular complexity index is 603. The van der Waals surface area contributed by atoms with Crippen molar-refractivity contribution in [1.29, 1.82) is 0 Å². The second-order valence-electron chi connectivity index (χ2n) is 4.63.